The highest BCUT2D eigenvalue weighted by Gasteiger charge is 2.19. The van der Waals surface area contributed by atoms with Gasteiger partial charge in [0.1, 0.15) is 0 Å². The van der Waals surface area contributed by atoms with E-state index in [1.807, 2.05) is 6.20 Å². The van der Waals surface area contributed by atoms with Gasteiger partial charge >= 0.3 is 0 Å². The Morgan fingerprint density at radius 3 is 2.90 bits per heavy atom. The maximum absolute atomic E-state index is 5.49. The van der Waals surface area contributed by atoms with Crippen molar-refractivity contribution in [3.05, 3.63) is 24.0 Å². The van der Waals surface area contributed by atoms with Crippen LogP contribution in [0.25, 0.3) is 0 Å². The molecule has 112 valence electrons. The Kier molecular flexibility index (Phi) is 5.80. The number of pyridine rings is 1. The van der Waals surface area contributed by atoms with E-state index in [1.54, 1.807) is 0 Å². The van der Waals surface area contributed by atoms with Gasteiger partial charge in [-0.25, -0.2) is 0 Å². The summed E-state index contributed by atoms with van der Waals surface area (Å²) in [6, 6.07) is 5.15. The lowest BCUT2D eigenvalue weighted by molar-refractivity contribution is 0.0989. The number of rotatable bonds is 6. The lowest BCUT2D eigenvalue weighted by Crippen LogP contribution is -2.43. The summed E-state index contributed by atoms with van der Waals surface area (Å²) in [6.07, 6.45) is 4.23. The third kappa shape index (κ3) is 3.70. The van der Waals surface area contributed by atoms with E-state index in [2.05, 4.69) is 48.1 Å². The van der Waals surface area contributed by atoms with Gasteiger partial charge in [-0.15, -0.1) is 0 Å². The van der Waals surface area contributed by atoms with Crippen molar-refractivity contribution >= 4 is 5.69 Å². The van der Waals surface area contributed by atoms with Gasteiger partial charge in [0, 0.05) is 18.6 Å². The zero-order valence-electron chi connectivity index (χ0n) is 12.9. The van der Waals surface area contributed by atoms with E-state index < -0.39 is 0 Å². The van der Waals surface area contributed by atoms with Crippen LogP contribution >= 0.6 is 0 Å². The number of hydrogen-bond donors (Lipinski definition) is 1. The zero-order chi connectivity index (χ0) is 14.4. The van der Waals surface area contributed by atoms with Gasteiger partial charge in [-0.05, 0) is 38.4 Å². The molecule has 20 heavy (non-hydrogen) atoms. The number of anilines is 1. The molecule has 1 fully saturated rings. The van der Waals surface area contributed by atoms with Crippen molar-refractivity contribution in [1.29, 1.82) is 0 Å². The van der Waals surface area contributed by atoms with Crippen molar-refractivity contribution in [2.45, 2.75) is 45.7 Å². The standard InChI is InChI=1S/C16H27N3O/c1-4-8-17-15(5-2)16-7-6-14(11-18-16)19-9-10-20-12-13(19)3/h6-7,11,13,15,17H,4-5,8-10,12H2,1-3H3. The van der Waals surface area contributed by atoms with Crippen LogP contribution in [0.3, 0.4) is 0 Å². The lowest BCUT2D eigenvalue weighted by atomic mass is 10.1. The summed E-state index contributed by atoms with van der Waals surface area (Å²) >= 11 is 0. The molecule has 1 aliphatic heterocycles. The van der Waals surface area contributed by atoms with Crippen LogP contribution in [0, 0.1) is 0 Å². The van der Waals surface area contributed by atoms with Crippen molar-refractivity contribution < 1.29 is 4.74 Å². The first kappa shape index (κ1) is 15.3. The summed E-state index contributed by atoms with van der Waals surface area (Å²) in [4.78, 5) is 7.04. The summed E-state index contributed by atoms with van der Waals surface area (Å²) in [5.41, 5.74) is 2.35. The van der Waals surface area contributed by atoms with Gasteiger partial charge in [0.15, 0.2) is 0 Å². The predicted octanol–water partition coefficient (Wildman–Crippen LogP) is 2.76. The third-order valence-electron chi connectivity index (χ3n) is 3.88. The highest BCUT2D eigenvalue weighted by molar-refractivity contribution is 5.46. The van der Waals surface area contributed by atoms with E-state index in [1.165, 1.54) is 5.69 Å². The molecule has 1 aromatic rings. The number of nitrogens with one attached hydrogen (secondary N) is 1. The minimum Gasteiger partial charge on any atom is -0.377 e. The Labute approximate surface area is 122 Å². The van der Waals surface area contributed by atoms with E-state index in [0.29, 0.717) is 12.1 Å². The van der Waals surface area contributed by atoms with E-state index in [0.717, 1.165) is 44.8 Å². The van der Waals surface area contributed by atoms with E-state index in [4.69, 9.17) is 4.74 Å². The second-order valence-electron chi connectivity index (χ2n) is 5.47. The van der Waals surface area contributed by atoms with E-state index in [9.17, 15) is 0 Å². The molecule has 4 nitrogen and oxygen atoms in total. The van der Waals surface area contributed by atoms with Crippen LogP contribution in [0.2, 0.25) is 0 Å². The number of ether oxygens (including phenoxy) is 1. The summed E-state index contributed by atoms with van der Waals surface area (Å²) in [5, 5.41) is 3.55. The molecule has 2 heterocycles. The van der Waals surface area contributed by atoms with Crippen LogP contribution in [0.4, 0.5) is 5.69 Å². The summed E-state index contributed by atoms with van der Waals surface area (Å²) in [6.45, 7) is 10.2. The molecule has 1 aliphatic rings. The van der Waals surface area contributed by atoms with Crippen LogP contribution in [0.1, 0.15) is 45.3 Å². The monoisotopic (exact) mass is 277 g/mol. The van der Waals surface area contributed by atoms with Crippen LogP contribution in [0.5, 0.6) is 0 Å². The number of morpholine rings is 1. The fraction of sp³-hybridized carbons (Fsp3) is 0.688. The summed E-state index contributed by atoms with van der Waals surface area (Å²) in [7, 11) is 0. The van der Waals surface area contributed by atoms with Gasteiger partial charge in [0.05, 0.1) is 30.8 Å². The van der Waals surface area contributed by atoms with E-state index in [-0.39, 0.29) is 0 Å². The van der Waals surface area contributed by atoms with Gasteiger partial charge in [0.2, 0.25) is 0 Å². The van der Waals surface area contributed by atoms with Gasteiger partial charge in [0.25, 0.3) is 0 Å². The molecule has 0 aliphatic carbocycles. The zero-order valence-corrected chi connectivity index (χ0v) is 12.9. The molecule has 2 unspecified atom stereocenters. The quantitative estimate of drug-likeness (QED) is 0.867. The second-order valence-corrected chi connectivity index (χ2v) is 5.47. The minimum atomic E-state index is 0.367. The Morgan fingerprint density at radius 2 is 2.30 bits per heavy atom. The van der Waals surface area contributed by atoms with Crippen LogP contribution in [0.15, 0.2) is 18.3 Å². The minimum absolute atomic E-state index is 0.367. The normalized spacial score (nSPS) is 20.9. The Balaban J connectivity index is 2.04. The first-order valence-electron chi connectivity index (χ1n) is 7.80. The Morgan fingerprint density at radius 1 is 1.45 bits per heavy atom. The molecule has 2 atom stereocenters. The molecule has 0 bridgehead atoms. The number of aromatic nitrogens is 1. The maximum atomic E-state index is 5.49. The molecule has 4 heteroatoms. The SMILES string of the molecule is CCCNC(CC)c1ccc(N2CCOCC2C)cn1. The topological polar surface area (TPSA) is 37.4 Å². The molecule has 0 radical (unpaired) electrons. The first-order chi connectivity index (χ1) is 9.76. The highest BCUT2D eigenvalue weighted by atomic mass is 16.5. The van der Waals surface area contributed by atoms with Gasteiger partial charge < -0.3 is 15.0 Å². The molecule has 1 aromatic heterocycles. The Bertz CT molecular complexity index is 393. The van der Waals surface area contributed by atoms with Gasteiger partial charge in [-0.3, -0.25) is 4.98 Å². The molecular formula is C16H27N3O. The van der Waals surface area contributed by atoms with Crippen LogP contribution in [-0.2, 0) is 4.74 Å². The molecule has 0 aromatic carbocycles. The fourth-order valence-electron chi connectivity index (χ4n) is 2.66. The van der Waals surface area contributed by atoms with Crippen molar-refractivity contribution in [3.8, 4) is 0 Å². The third-order valence-corrected chi connectivity index (χ3v) is 3.88. The number of hydrogen-bond acceptors (Lipinski definition) is 4. The van der Waals surface area contributed by atoms with Crippen LogP contribution < -0.4 is 10.2 Å². The van der Waals surface area contributed by atoms with Crippen molar-refractivity contribution in [3.63, 3.8) is 0 Å². The first-order valence-corrected chi connectivity index (χ1v) is 7.80. The molecule has 0 amide bonds. The van der Waals surface area contributed by atoms with Gasteiger partial charge in [-0.2, -0.15) is 0 Å². The fourth-order valence-corrected chi connectivity index (χ4v) is 2.66. The summed E-state index contributed by atoms with van der Waals surface area (Å²) < 4.78 is 5.49. The largest absolute Gasteiger partial charge is 0.377 e. The average molecular weight is 277 g/mol. The van der Waals surface area contributed by atoms with Crippen molar-refractivity contribution in [1.82, 2.24) is 10.3 Å². The second kappa shape index (κ2) is 7.60. The summed E-state index contributed by atoms with van der Waals surface area (Å²) in [5.74, 6) is 0. The predicted molar refractivity (Wildman–Crippen MR) is 83.2 cm³/mol. The smallest absolute Gasteiger partial charge is 0.0668 e. The Hall–Kier alpha value is -1.13. The molecule has 2 rings (SSSR count). The molecule has 0 spiro atoms. The van der Waals surface area contributed by atoms with E-state index >= 15 is 0 Å². The lowest BCUT2D eigenvalue weighted by Gasteiger charge is -2.35. The van der Waals surface area contributed by atoms with Gasteiger partial charge in [-0.1, -0.05) is 13.8 Å². The maximum Gasteiger partial charge on any atom is 0.0668 e. The number of nitrogens with zero attached hydrogens (tertiary/aromatic N) is 2. The average Bonchev–Trinajstić information content (AvgIpc) is 2.49. The van der Waals surface area contributed by atoms with Crippen molar-refractivity contribution in [2.24, 2.45) is 0 Å². The molecular weight excluding hydrogens is 250 g/mol. The highest BCUT2D eigenvalue weighted by Crippen LogP contribution is 2.21. The van der Waals surface area contributed by atoms with Crippen LogP contribution in [-0.4, -0.2) is 37.3 Å². The molecule has 0 saturated carbocycles. The molecule has 1 saturated heterocycles. The molecule has 1 N–H and O–H groups in total. The van der Waals surface area contributed by atoms with Crippen molar-refractivity contribution in [2.75, 3.05) is 31.2 Å².